The third-order valence-corrected chi connectivity index (χ3v) is 4.21. The van der Waals surface area contributed by atoms with Gasteiger partial charge in [-0.2, -0.15) is 5.26 Å². The maximum atomic E-state index is 9.21. The number of anilines is 1. The molecule has 2 heterocycles. The molecule has 0 unspecified atom stereocenters. The predicted molar refractivity (Wildman–Crippen MR) is 78.1 cm³/mol. The Kier molecular flexibility index (Phi) is 3.14. The summed E-state index contributed by atoms with van der Waals surface area (Å²) < 4.78 is 0. The predicted octanol–water partition coefficient (Wildman–Crippen LogP) is 3.66. The molecular formula is C15H13N3S. The van der Waals surface area contributed by atoms with Gasteiger partial charge in [-0.25, -0.2) is 4.98 Å². The quantitative estimate of drug-likeness (QED) is 0.902. The summed E-state index contributed by atoms with van der Waals surface area (Å²) in [6, 6.07) is 12.5. The average Bonchev–Trinajstić information content (AvgIpc) is 2.47. The summed E-state index contributed by atoms with van der Waals surface area (Å²) in [5, 5.41) is 12.4. The van der Waals surface area contributed by atoms with Gasteiger partial charge in [0.25, 0.3) is 0 Å². The molecule has 19 heavy (non-hydrogen) atoms. The number of rotatable bonds is 2. The fraction of sp³-hybridized carbons (Fsp3) is 0.200. The zero-order valence-electron chi connectivity index (χ0n) is 10.6. The van der Waals surface area contributed by atoms with Crippen molar-refractivity contribution < 1.29 is 0 Å². The molecule has 1 aliphatic heterocycles. The van der Waals surface area contributed by atoms with Gasteiger partial charge < -0.3 is 5.32 Å². The molecule has 0 fully saturated rings. The van der Waals surface area contributed by atoms with Crippen molar-refractivity contribution in [3.63, 3.8) is 0 Å². The molecule has 1 aromatic carbocycles. The van der Waals surface area contributed by atoms with Crippen LogP contribution in [0.1, 0.15) is 18.1 Å². The number of hydrogen-bond donors (Lipinski definition) is 1. The van der Waals surface area contributed by atoms with Gasteiger partial charge in [0.1, 0.15) is 11.9 Å². The van der Waals surface area contributed by atoms with Crippen molar-refractivity contribution in [2.24, 2.45) is 0 Å². The van der Waals surface area contributed by atoms with Gasteiger partial charge in [-0.1, -0.05) is 18.2 Å². The highest BCUT2D eigenvalue weighted by atomic mass is 32.2. The molecule has 0 saturated heterocycles. The van der Waals surface area contributed by atoms with E-state index in [0.29, 0.717) is 11.4 Å². The van der Waals surface area contributed by atoms with Gasteiger partial charge in [0.2, 0.25) is 0 Å². The SMILES string of the molecule is CCNc1nc2c(cc1C#N)CSc1ccccc1-2. The molecule has 4 heteroatoms. The Morgan fingerprint density at radius 1 is 1.42 bits per heavy atom. The van der Waals surface area contributed by atoms with Crippen LogP contribution in [0.5, 0.6) is 0 Å². The Morgan fingerprint density at radius 3 is 3.05 bits per heavy atom. The summed E-state index contributed by atoms with van der Waals surface area (Å²) in [5.41, 5.74) is 3.93. The van der Waals surface area contributed by atoms with Gasteiger partial charge in [-0.15, -0.1) is 11.8 Å². The van der Waals surface area contributed by atoms with Gasteiger partial charge in [0, 0.05) is 22.8 Å². The summed E-state index contributed by atoms with van der Waals surface area (Å²) >= 11 is 1.80. The van der Waals surface area contributed by atoms with Crippen molar-refractivity contribution in [2.75, 3.05) is 11.9 Å². The molecule has 0 spiro atoms. The van der Waals surface area contributed by atoms with Gasteiger partial charge in [-0.05, 0) is 24.6 Å². The summed E-state index contributed by atoms with van der Waals surface area (Å²) in [4.78, 5) is 5.93. The Hall–Kier alpha value is -1.99. The highest BCUT2D eigenvalue weighted by molar-refractivity contribution is 7.98. The lowest BCUT2D eigenvalue weighted by Crippen LogP contribution is -2.07. The lowest BCUT2D eigenvalue weighted by Gasteiger charge is -2.19. The molecule has 0 aliphatic carbocycles. The Labute approximate surface area is 116 Å². The summed E-state index contributed by atoms with van der Waals surface area (Å²) in [7, 11) is 0. The van der Waals surface area contributed by atoms with Crippen molar-refractivity contribution >= 4 is 17.6 Å². The summed E-state index contributed by atoms with van der Waals surface area (Å²) in [6.45, 7) is 2.77. The van der Waals surface area contributed by atoms with Crippen molar-refractivity contribution in [3.05, 3.63) is 41.5 Å². The van der Waals surface area contributed by atoms with Crippen LogP contribution < -0.4 is 5.32 Å². The first-order valence-corrected chi connectivity index (χ1v) is 7.22. The van der Waals surface area contributed by atoms with E-state index < -0.39 is 0 Å². The zero-order valence-corrected chi connectivity index (χ0v) is 11.4. The topological polar surface area (TPSA) is 48.7 Å². The molecule has 1 aliphatic rings. The number of fused-ring (bicyclic) bond motifs is 3. The molecule has 0 bridgehead atoms. The van der Waals surface area contributed by atoms with Crippen LogP contribution in [0.3, 0.4) is 0 Å². The van der Waals surface area contributed by atoms with Crippen LogP contribution in [0.4, 0.5) is 5.82 Å². The van der Waals surface area contributed by atoms with Crippen LogP contribution in [-0.2, 0) is 5.75 Å². The highest BCUT2D eigenvalue weighted by Crippen LogP contribution is 2.41. The van der Waals surface area contributed by atoms with Crippen LogP contribution in [0.15, 0.2) is 35.2 Å². The third-order valence-electron chi connectivity index (χ3n) is 3.09. The van der Waals surface area contributed by atoms with E-state index in [1.807, 2.05) is 25.1 Å². The fourth-order valence-electron chi connectivity index (χ4n) is 2.23. The number of hydrogen-bond acceptors (Lipinski definition) is 4. The third kappa shape index (κ3) is 2.06. The number of pyridine rings is 1. The normalized spacial score (nSPS) is 12.2. The van der Waals surface area contributed by atoms with E-state index in [2.05, 4.69) is 28.5 Å². The van der Waals surface area contributed by atoms with E-state index in [0.717, 1.165) is 29.1 Å². The molecule has 0 saturated carbocycles. The molecule has 2 aromatic rings. The van der Waals surface area contributed by atoms with Crippen LogP contribution >= 0.6 is 11.8 Å². The van der Waals surface area contributed by atoms with Gasteiger partial charge >= 0.3 is 0 Å². The van der Waals surface area contributed by atoms with E-state index in [-0.39, 0.29) is 0 Å². The van der Waals surface area contributed by atoms with E-state index in [1.165, 1.54) is 4.90 Å². The summed E-state index contributed by atoms with van der Waals surface area (Å²) in [6.07, 6.45) is 0. The van der Waals surface area contributed by atoms with Gasteiger partial charge in [0.15, 0.2) is 0 Å². The van der Waals surface area contributed by atoms with Gasteiger partial charge in [-0.3, -0.25) is 0 Å². The van der Waals surface area contributed by atoms with Crippen LogP contribution in [0, 0.1) is 11.3 Å². The first-order valence-electron chi connectivity index (χ1n) is 6.23. The maximum Gasteiger partial charge on any atom is 0.144 e. The minimum atomic E-state index is 0.626. The number of aromatic nitrogens is 1. The number of nitrogens with one attached hydrogen (secondary N) is 1. The Balaban J connectivity index is 2.20. The standard InChI is InChI=1S/C15H13N3S/c1-2-17-15-10(8-16)7-11-9-19-13-6-4-3-5-12(13)14(11)18-15/h3-7H,2,9H2,1H3,(H,17,18). The lowest BCUT2D eigenvalue weighted by atomic mass is 10.0. The second-order valence-electron chi connectivity index (χ2n) is 4.32. The second kappa shape index (κ2) is 4.94. The van der Waals surface area contributed by atoms with Crippen molar-refractivity contribution in [1.82, 2.24) is 4.98 Å². The van der Waals surface area contributed by atoms with Crippen LogP contribution in [0.25, 0.3) is 11.3 Å². The van der Waals surface area contributed by atoms with Crippen molar-refractivity contribution in [3.8, 4) is 17.3 Å². The molecule has 3 nitrogen and oxygen atoms in total. The van der Waals surface area contributed by atoms with Gasteiger partial charge in [0.05, 0.1) is 11.3 Å². The van der Waals surface area contributed by atoms with E-state index >= 15 is 0 Å². The minimum Gasteiger partial charge on any atom is -0.369 e. The molecular weight excluding hydrogens is 254 g/mol. The van der Waals surface area contributed by atoms with E-state index in [1.54, 1.807) is 11.8 Å². The van der Waals surface area contributed by atoms with Crippen LogP contribution in [-0.4, -0.2) is 11.5 Å². The van der Waals surface area contributed by atoms with E-state index in [4.69, 9.17) is 0 Å². The Morgan fingerprint density at radius 2 is 2.26 bits per heavy atom. The Bertz CT molecular complexity index is 674. The smallest absolute Gasteiger partial charge is 0.144 e. The highest BCUT2D eigenvalue weighted by Gasteiger charge is 2.19. The largest absolute Gasteiger partial charge is 0.369 e. The molecule has 0 amide bonds. The zero-order chi connectivity index (χ0) is 13.2. The fourth-order valence-corrected chi connectivity index (χ4v) is 3.26. The molecule has 3 rings (SSSR count). The summed E-state index contributed by atoms with van der Waals surface area (Å²) in [5.74, 6) is 1.56. The first kappa shape index (κ1) is 12.1. The molecule has 94 valence electrons. The molecule has 1 N–H and O–H groups in total. The monoisotopic (exact) mass is 267 g/mol. The first-order chi connectivity index (χ1) is 9.33. The molecule has 0 atom stereocenters. The number of benzene rings is 1. The average molecular weight is 267 g/mol. The minimum absolute atomic E-state index is 0.626. The lowest BCUT2D eigenvalue weighted by molar-refractivity contribution is 1.13. The van der Waals surface area contributed by atoms with Crippen LogP contribution in [0.2, 0.25) is 0 Å². The van der Waals surface area contributed by atoms with Crippen molar-refractivity contribution in [2.45, 2.75) is 17.6 Å². The second-order valence-corrected chi connectivity index (χ2v) is 5.34. The molecule has 1 aromatic heterocycles. The molecule has 0 radical (unpaired) electrons. The van der Waals surface area contributed by atoms with E-state index in [9.17, 15) is 5.26 Å². The number of nitriles is 1. The number of nitrogens with zero attached hydrogens (tertiary/aromatic N) is 2. The van der Waals surface area contributed by atoms with Crippen molar-refractivity contribution in [1.29, 1.82) is 5.26 Å². The number of thioether (sulfide) groups is 1. The maximum absolute atomic E-state index is 9.21.